The van der Waals surface area contributed by atoms with Crippen LogP contribution in [0.4, 0.5) is 0 Å². The number of β-amino-alcohol motifs (C(OH)–C–C–N with tert-alkyl or cyclic N) is 1. The lowest BCUT2D eigenvalue weighted by atomic mass is 9.99. The van der Waals surface area contributed by atoms with Crippen LogP contribution in [0, 0.1) is 6.92 Å². The van der Waals surface area contributed by atoms with Crippen LogP contribution >= 0.6 is 0 Å². The van der Waals surface area contributed by atoms with E-state index in [0.29, 0.717) is 25.1 Å². The molecule has 0 aliphatic carbocycles. The number of aliphatic hydroxyl groups excluding tert-OH is 1. The Morgan fingerprint density at radius 3 is 2.77 bits per heavy atom. The summed E-state index contributed by atoms with van der Waals surface area (Å²) >= 11 is 0. The standard InChI is InChI=1S/C23H27N5O2/c1-17-22(14-26-28(17)20-6-10-24-11-7-20)23(30)25-12-8-21(29)16-27-13-9-18-4-2-3-5-19(18)15-27/h2-7,10-11,14,21,29H,8-9,12-13,15-16H2,1H3,(H,25,30). The van der Waals surface area contributed by atoms with Crippen LogP contribution in [0.5, 0.6) is 0 Å². The summed E-state index contributed by atoms with van der Waals surface area (Å²) in [5.41, 5.74) is 4.91. The number of nitrogens with zero attached hydrogens (tertiary/aromatic N) is 4. The Labute approximate surface area is 176 Å². The van der Waals surface area contributed by atoms with Gasteiger partial charge in [-0.05, 0) is 43.0 Å². The van der Waals surface area contributed by atoms with Crippen LogP contribution in [-0.4, -0.2) is 56.4 Å². The summed E-state index contributed by atoms with van der Waals surface area (Å²) < 4.78 is 1.72. The lowest BCUT2D eigenvalue weighted by molar-refractivity contribution is 0.0892. The minimum Gasteiger partial charge on any atom is -0.392 e. The summed E-state index contributed by atoms with van der Waals surface area (Å²) in [5, 5.41) is 17.6. The lowest BCUT2D eigenvalue weighted by Crippen LogP contribution is -2.38. The third-order valence-corrected chi connectivity index (χ3v) is 5.60. The van der Waals surface area contributed by atoms with E-state index in [-0.39, 0.29) is 5.91 Å². The fourth-order valence-corrected chi connectivity index (χ4v) is 3.92. The van der Waals surface area contributed by atoms with Crippen molar-refractivity contribution in [2.75, 3.05) is 19.6 Å². The Balaban J connectivity index is 1.26. The van der Waals surface area contributed by atoms with E-state index in [1.807, 2.05) is 19.1 Å². The van der Waals surface area contributed by atoms with Gasteiger partial charge in [-0.2, -0.15) is 5.10 Å². The smallest absolute Gasteiger partial charge is 0.254 e. The minimum atomic E-state index is -0.476. The fourth-order valence-electron chi connectivity index (χ4n) is 3.92. The van der Waals surface area contributed by atoms with Crippen LogP contribution in [0.15, 0.2) is 55.0 Å². The zero-order valence-corrected chi connectivity index (χ0v) is 17.2. The number of rotatable bonds is 7. The van der Waals surface area contributed by atoms with Crippen LogP contribution in [0.1, 0.15) is 33.6 Å². The molecule has 7 heteroatoms. The summed E-state index contributed by atoms with van der Waals surface area (Å²) in [6, 6.07) is 12.2. The van der Waals surface area contributed by atoms with Gasteiger partial charge in [0, 0.05) is 38.6 Å². The second-order valence-corrected chi connectivity index (χ2v) is 7.71. The van der Waals surface area contributed by atoms with Gasteiger partial charge in [0.1, 0.15) is 0 Å². The van der Waals surface area contributed by atoms with Gasteiger partial charge >= 0.3 is 0 Å². The molecule has 7 nitrogen and oxygen atoms in total. The summed E-state index contributed by atoms with van der Waals surface area (Å²) in [5.74, 6) is -0.174. The molecule has 2 N–H and O–H groups in total. The number of hydrogen-bond donors (Lipinski definition) is 2. The minimum absolute atomic E-state index is 0.174. The van der Waals surface area contributed by atoms with Crippen molar-refractivity contribution in [1.29, 1.82) is 0 Å². The summed E-state index contributed by atoms with van der Waals surface area (Å²) in [7, 11) is 0. The number of benzene rings is 1. The van der Waals surface area contributed by atoms with E-state index in [4.69, 9.17) is 0 Å². The maximum atomic E-state index is 12.6. The first-order chi connectivity index (χ1) is 14.6. The predicted octanol–water partition coefficient (Wildman–Crippen LogP) is 2.11. The zero-order valence-electron chi connectivity index (χ0n) is 17.2. The van der Waals surface area contributed by atoms with Gasteiger partial charge in [-0.1, -0.05) is 24.3 Å². The van der Waals surface area contributed by atoms with Gasteiger partial charge in [0.25, 0.3) is 5.91 Å². The third kappa shape index (κ3) is 4.58. The molecule has 3 heterocycles. The second-order valence-electron chi connectivity index (χ2n) is 7.71. The molecule has 1 aromatic carbocycles. The molecule has 30 heavy (non-hydrogen) atoms. The predicted molar refractivity (Wildman–Crippen MR) is 114 cm³/mol. The highest BCUT2D eigenvalue weighted by atomic mass is 16.3. The van der Waals surface area contributed by atoms with Crippen molar-refractivity contribution in [3.63, 3.8) is 0 Å². The summed E-state index contributed by atoms with van der Waals surface area (Å²) in [6.07, 6.45) is 6.02. The Bertz CT molecular complexity index is 1000. The molecule has 1 aliphatic rings. The molecule has 1 unspecified atom stereocenters. The van der Waals surface area contributed by atoms with Crippen LogP contribution < -0.4 is 5.32 Å². The van der Waals surface area contributed by atoms with Crippen LogP contribution in [0.3, 0.4) is 0 Å². The quantitative estimate of drug-likeness (QED) is 0.629. The van der Waals surface area contributed by atoms with E-state index >= 15 is 0 Å². The van der Waals surface area contributed by atoms with Gasteiger partial charge < -0.3 is 10.4 Å². The summed E-state index contributed by atoms with van der Waals surface area (Å²) in [4.78, 5) is 18.8. The molecular weight excluding hydrogens is 378 g/mol. The van der Waals surface area contributed by atoms with E-state index in [2.05, 4.69) is 44.6 Å². The number of hydrogen-bond acceptors (Lipinski definition) is 5. The topological polar surface area (TPSA) is 83.3 Å². The number of nitrogens with one attached hydrogen (secondary N) is 1. The van der Waals surface area contributed by atoms with Crippen molar-refractivity contribution in [2.24, 2.45) is 0 Å². The Hall–Kier alpha value is -3.03. The molecule has 3 aromatic rings. The van der Waals surface area contributed by atoms with Crippen LogP contribution in [-0.2, 0) is 13.0 Å². The van der Waals surface area contributed by atoms with E-state index < -0.39 is 6.10 Å². The van der Waals surface area contributed by atoms with Crippen molar-refractivity contribution in [3.8, 4) is 5.69 Å². The number of aromatic nitrogens is 3. The fraction of sp³-hybridized carbons (Fsp3) is 0.348. The zero-order chi connectivity index (χ0) is 20.9. The first-order valence-corrected chi connectivity index (χ1v) is 10.3. The molecule has 0 bridgehead atoms. The second kappa shape index (κ2) is 9.19. The number of pyridine rings is 1. The molecular formula is C23H27N5O2. The van der Waals surface area contributed by atoms with Gasteiger partial charge in [0.05, 0.1) is 29.2 Å². The highest BCUT2D eigenvalue weighted by molar-refractivity contribution is 5.95. The molecule has 1 atom stereocenters. The van der Waals surface area contributed by atoms with Crippen LogP contribution in [0.2, 0.25) is 0 Å². The van der Waals surface area contributed by atoms with Crippen molar-refractivity contribution in [1.82, 2.24) is 25.0 Å². The average molecular weight is 406 g/mol. The maximum absolute atomic E-state index is 12.6. The van der Waals surface area contributed by atoms with Crippen molar-refractivity contribution in [2.45, 2.75) is 32.4 Å². The Morgan fingerprint density at radius 1 is 1.20 bits per heavy atom. The highest BCUT2D eigenvalue weighted by Crippen LogP contribution is 2.19. The first-order valence-electron chi connectivity index (χ1n) is 10.3. The normalized spacial score (nSPS) is 14.9. The summed E-state index contributed by atoms with van der Waals surface area (Å²) in [6.45, 7) is 4.72. The van der Waals surface area contributed by atoms with E-state index in [9.17, 15) is 9.90 Å². The van der Waals surface area contributed by atoms with Gasteiger partial charge in [-0.15, -0.1) is 0 Å². The number of fused-ring (bicyclic) bond motifs is 1. The number of carbonyl (C=O) groups excluding carboxylic acids is 1. The van der Waals surface area contributed by atoms with Crippen molar-refractivity contribution < 1.29 is 9.90 Å². The van der Waals surface area contributed by atoms with Crippen LogP contribution in [0.25, 0.3) is 5.69 Å². The molecule has 1 aliphatic heterocycles. The molecule has 0 saturated carbocycles. The van der Waals surface area contributed by atoms with E-state index in [1.165, 1.54) is 11.1 Å². The Kier molecular flexibility index (Phi) is 6.21. The van der Waals surface area contributed by atoms with E-state index in [0.717, 1.165) is 30.9 Å². The molecule has 0 radical (unpaired) electrons. The monoisotopic (exact) mass is 405 g/mol. The molecule has 156 valence electrons. The van der Waals surface area contributed by atoms with Gasteiger partial charge in [0.15, 0.2) is 0 Å². The third-order valence-electron chi connectivity index (χ3n) is 5.60. The largest absolute Gasteiger partial charge is 0.392 e. The average Bonchev–Trinajstić information content (AvgIpc) is 3.15. The molecule has 0 saturated heterocycles. The molecule has 4 rings (SSSR count). The number of aliphatic hydroxyl groups is 1. The van der Waals surface area contributed by atoms with Gasteiger partial charge in [-0.25, -0.2) is 4.68 Å². The Morgan fingerprint density at radius 2 is 1.97 bits per heavy atom. The number of amides is 1. The molecule has 1 amide bonds. The van der Waals surface area contributed by atoms with Crippen molar-refractivity contribution in [3.05, 3.63) is 77.4 Å². The maximum Gasteiger partial charge on any atom is 0.254 e. The lowest BCUT2D eigenvalue weighted by Gasteiger charge is -2.30. The van der Waals surface area contributed by atoms with E-state index in [1.54, 1.807) is 23.3 Å². The van der Waals surface area contributed by atoms with Gasteiger partial charge in [0.2, 0.25) is 0 Å². The molecule has 2 aromatic heterocycles. The highest BCUT2D eigenvalue weighted by Gasteiger charge is 2.19. The van der Waals surface area contributed by atoms with Crippen molar-refractivity contribution >= 4 is 5.91 Å². The molecule has 0 fully saturated rings. The molecule has 0 spiro atoms. The van der Waals surface area contributed by atoms with Gasteiger partial charge in [-0.3, -0.25) is 14.7 Å². The number of carbonyl (C=O) groups is 1. The first kappa shape index (κ1) is 20.3. The SMILES string of the molecule is Cc1c(C(=O)NCCC(O)CN2CCc3ccccc3C2)cnn1-c1ccncc1.